The van der Waals surface area contributed by atoms with Gasteiger partial charge in [-0.15, -0.1) is 0 Å². The molecule has 1 saturated carbocycles. The third-order valence-corrected chi connectivity index (χ3v) is 3.88. The van der Waals surface area contributed by atoms with E-state index in [1.54, 1.807) is 6.07 Å². The Labute approximate surface area is 109 Å². The van der Waals surface area contributed by atoms with Gasteiger partial charge in [-0.05, 0) is 42.9 Å². The lowest BCUT2D eigenvalue weighted by molar-refractivity contribution is 0.100. The quantitative estimate of drug-likeness (QED) is 0.858. The van der Waals surface area contributed by atoms with Crippen molar-refractivity contribution in [3.8, 4) is 0 Å². The minimum absolute atomic E-state index is 0.370. The number of nitrogens with two attached hydrogens (primary N) is 1. The molecule has 0 unspecified atom stereocenters. The maximum absolute atomic E-state index is 11.1. The first-order valence-electron chi connectivity index (χ1n) is 6.79. The molecule has 98 valence electrons. The van der Waals surface area contributed by atoms with Crippen LogP contribution in [0, 0.1) is 11.8 Å². The third-order valence-electron chi connectivity index (χ3n) is 3.88. The topological polar surface area (TPSA) is 55.1 Å². The molecule has 2 rings (SSSR count). The second-order valence-electron chi connectivity index (χ2n) is 5.45. The minimum atomic E-state index is -0.370. The van der Waals surface area contributed by atoms with E-state index in [1.165, 1.54) is 25.7 Å². The van der Waals surface area contributed by atoms with Crippen molar-refractivity contribution in [2.75, 3.05) is 11.9 Å². The number of hydrogen-bond donors (Lipinski definition) is 2. The van der Waals surface area contributed by atoms with E-state index >= 15 is 0 Å². The molecule has 1 fully saturated rings. The Morgan fingerprint density at radius 3 is 2.72 bits per heavy atom. The van der Waals surface area contributed by atoms with E-state index in [1.807, 2.05) is 18.2 Å². The van der Waals surface area contributed by atoms with E-state index in [4.69, 9.17) is 5.73 Å². The zero-order chi connectivity index (χ0) is 13.0. The van der Waals surface area contributed by atoms with Crippen LogP contribution in [-0.4, -0.2) is 12.5 Å². The summed E-state index contributed by atoms with van der Waals surface area (Å²) in [6.45, 7) is 3.33. The van der Waals surface area contributed by atoms with E-state index in [2.05, 4.69) is 12.2 Å². The summed E-state index contributed by atoms with van der Waals surface area (Å²) in [6, 6.07) is 7.42. The number of amides is 1. The Kier molecular flexibility index (Phi) is 4.24. The summed E-state index contributed by atoms with van der Waals surface area (Å²) < 4.78 is 0. The maximum atomic E-state index is 11.1. The summed E-state index contributed by atoms with van der Waals surface area (Å²) in [5, 5.41) is 3.42. The van der Waals surface area contributed by atoms with Crippen LogP contribution in [0.5, 0.6) is 0 Å². The van der Waals surface area contributed by atoms with Crippen LogP contribution in [-0.2, 0) is 0 Å². The fourth-order valence-corrected chi connectivity index (χ4v) is 2.58. The van der Waals surface area contributed by atoms with Gasteiger partial charge in [0.05, 0.1) is 0 Å². The van der Waals surface area contributed by atoms with Gasteiger partial charge in [0.15, 0.2) is 0 Å². The first-order chi connectivity index (χ1) is 8.65. The molecule has 0 saturated heterocycles. The minimum Gasteiger partial charge on any atom is -0.385 e. The Bertz CT molecular complexity index is 409. The van der Waals surface area contributed by atoms with Crippen molar-refractivity contribution in [3.63, 3.8) is 0 Å². The van der Waals surface area contributed by atoms with Gasteiger partial charge in [0, 0.05) is 17.8 Å². The predicted molar refractivity (Wildman–Crippen MR) is 74.6 cm³/mol. The number of anilines is 1. The summed E-state index contributed by atoms with van der Waals surface area (Å²) in [7, 11) is 0. The lowest BCUT2D eigenvalue weighted by atomic mass is 9.83. The molecule has 1 aliphatic carbocycles. The molecule has 18 heavy (non-hydrogen) atoms. The molecule has 1 aromatic carbocycles. The average molecular weight is 246 g/mol. The number of carbonyl (C=O) groups excluding carboxylic acids is 1. The molecule has 0 radical (unpaired) electrons. The molecule has 0 aliphatic heterocycles. The fraction of sp³-hybridized carbons (Fsp3) is 0.533. The summed E-state index contributed by atoms with van der Waals surface area (Å²) in [5.74, 6) is 1.28. The molecule has 1 amide bonds. The molecule has 3 heteroatoms. The van der Waals surface area contributed by atoms with Gasteiger partial charge in [0.1, 0.15) is 0 Å². The number of nitrogens with one attached hydrogen (secondary N) is 1. The van der Waals surface area contributed by atoms with E-state index in [9.17, 15) is 4.79 Å². The molecular weight excluding hydrogens is 224 g/mol. The summed E-state index contributed by atoms with van der Waals surface area (Å²) in [4.78, 5) is 11.1. The molecular formula is C15H22N2O. The molecule has 0 heterocycles. The zero-order valence-electron chi connectivity index (χ0n) is 11.0. The number of carbonyl (C=O) groups is 1. The highest BCUT2D eigenvalue weighted by Crippen LogP contribution is 2.28. The van der Waals surface area contributed by atoms with Crippen molar-refractivity contribution in [2.24, 2.45) is 17.6 Å². The highest BCUT2D eigenvalue weighted by molar-refractivity contribution is 5.93. The van der Waals surface area contributed by atoms with E-state index < -0.39 is 0 Å². The van der Waals surface area contributed by atoms with E-state index in [0.717, 1.165) is 24.1 Å². The normalized spacial score (nSPS) is 23.6. The molecule has 0 spiro atoms. The second-order valence-corrected chi connectivity index (χ2v) is 5.45. The Hall–Kier alpha value is -1.51. The molecule has 3 N–H and O–H groups in total. The fourth-order valence-electron chi connectivity index (χ4n) is 2.58. The molecule has 0 bridgehead atoms. The van der Waals surface area contributed by atoms with Crippen LogP contribution in [0.2, 0.25) is 0 Å². The summed E-state index contributed by atoms with van der Waals surface area (Å²) >= 11 is 0. The molecule has 1 aromatic rings. The van der Waals surface area contributed by atoms with Gasteiger partial charge in [-0.3, -0.25) is 4.79 Å². The average Bonchev–Trinajstić information content (AvgIpc) is 2.38. The number of hydrogen-bond acceptors (Lipinski definition) is 2. The highest BCUT2D eigenvalue weighted by Gasteiger charge is 2.17. The van der Waals surface area contributed by atoms with Crippen LogP contribution < -0.4 is 11.1 Å². The van der Waals surface area contributed by atoms with Gasteiger partial charge >= 0.3 is 0 Å². The monoisotopic (exact) mass is 246 g/mol. The Morgan fingerprint density at radius 1 is 1.33 bits per heavy atom. The standard InChI is InChI=1S/C15H22N2O/c1-11-5-7-12(8-6-11)10-17-14-4-2-3-13(9-14)15(16)18/h2-4,9,11-12,17H,5-8,10H2,1H3,(H2,16,18). The van der Waals surface area contributed by atoms with Crippen molar-refractivity contribution < 1.29 is 4.79 Å². The summed E-state index contributed by atoms with van der Waals surface area (Å²) in [6.07, 6.45) is 5.30. The highest BCUT2D eigenvalue weighted by atomic mass is 16.1. The first-order valence-corrected chi connectivity index (χ1v) is 6.79. The van der Waals surface area contributed by atoms with Gasteiger partial charge in [0.2, 0.25) is 5.91 Å². The maximum Gasteiger partial charge on any atom is 0.248 e. The lowest BCUT2D eigenvalue weighted by Gasteiger charge is -2.26. The molecule has 0 atom stereocenters. The van der Waals surface area contributed by atoms with Gasteiger partial charge in [-0.2, -0.15) is 0 Å². The van der Waals surface area contributed by atoms with E-state index in [0.29, 0.717) is 5.56 Å². The predicted octanol–water partition coefficient (Wildman–Crippen LogP) is 3.02. The molecule has 1 aliphatic rings. The van der Waals surface area contributed by atoms with Crippen molar-refractivity contribution in [3.05, 3.63) is 29.8 Å². The molecule has 3 nitrogen and oxygen atoms in total. The SMILES string of the molecule is CC1CCC(CNc2cccc(C(N)=O)c2)CC1. The van der Waals surface area contributed by atoms with Gasteiger partial charge in [0.25, 0.3) is 0 Å². The number of primary amides is 1. The number of rotatable bonds is 4. The number of benzene rings is 1. The van der Waals surface area contributed by atoms with Crippen molar-refractivity contribution in [1.82, 2.24) is 0 Å². The van der Waals surface area contributed by atoms with Gasteiger partial charge in [-0.25, -0.2) is 0 Å². The summed E-state index contributed by atoms with van der Waals surface area (Å²) in [5.41, 5.74) is 6.83. The van der Waals surface area contributed by atoms with E-state index in [-0.39, 0.29) is 5.91 Å². The van der Waals surface area contributed by atoms with Crippen molar-refractivity contribution >= 4 is 11.6 Å². The largest absolute Gasteiger partial charge is 0.385 e. The third kappa shape index (κ3) is 3.49. The smallest absolute Gasteiger partial charge is 0.248 e. The zero-order valence-corrected chi connectivity index (χ0v) is 11.0. The van der Waals surface area contributed by atoms with Crippen LogP contribution in [0.1, 0.15) is 43.0 Å². The Balaban J connectivity index is 1.86. The molecule has 0 aromatic heterocycles. The van der Waals surface area contributed by atoms with Crippen LogP contribution in [0.25, 0.3) is 0 Å². The van der Waals surface area contributed by atoms with Crippen LogP contribution in [0.4, 0.5) is 5.69 Å². The van der Waals surface area contributed by atoms with Crippen molar-refractivity contribution in [2.45, 2.75) is 32.6 Å². The van der Waals surface area contributed by atoms with Crippen LogP contribution in [0.3, 0.4) is 0 Å². The van der Waals surface area contributed by atoms with Gasteiger partial charge in [-0.1, -0.05) is 25.8 Å². The second kappa shape index (κ2) is 5.89. The van der Waals surface area contributed by atoms with Crippen molar-refractivity contribution in [1.29, 1.82) is 0 Å². The van der Waals surface area contributed by atoms with Crippen LogP contribution >= 0.6 is 0 Å². The van der Waals surface area contributed by atoms with Crippen LogP contribution in [0.15, 0.2) is 24.3 Å². The Morgan fingerprint density at radius 2 is 2.06 bits per heavy atom. The lowest BCUT2D eigenvalue weighted by Crippen LogP contribution is -2.20. The first kappa shape index (κ1) is 12.9. The van der Waals surface area contributed by atoms with Gasteiger partial charge < -0.3 is 11.1 Å².